The van der Waals surface area contributed by atoms with Gasteiger partial charge in [-0.2, -0.15) is 0 Å². The molecule has 1 aliphatic rings. The van der Waals surface area contributed by atoms with Gasteiger partial charge in [-0.1, -0.05) is 0 Å². The van der Waals surface area contributed by atoms with Crippen LogP contribution in [0.25, 0.3) is 0 Å². The van der Waals surface area contributed by atoms with E-state index in [1.165, 1.54) is 11.3 Å². The number of methoxy groups -OCH3 is 1. The molecule has 0 amide bonds. The monoisotopic (exact) mass is 270 g/mol. The molecule has 1 atom stereocenters. The summed E-state index contributed by atoms with van der Waals surface area (Å²) in [5, 5.41) is 3.49. The fourth-order valence-corrected chi connectivity index (χ4v) is 3.25. The smallest absolute Gasteiger partial charge is 0.0794 e. The number of ether oxygens (including phenoxy) is 2. The van der Waals surface area contributed by atoms with Gasteiger partial charge in [-0.3, -0.25) is 4.98 Å². The van der Waals surface area contributed by atoms with E-state index in [1.54, 1.807) is 18.4 Å². The molecule has 102 valence electrons. The van der Waals surface area contributed by atoms with Crippen molar-refractivity contribution in [1.82, 2.24) is 10.3 Å². The first-order valence-electron chi connectivity index (χ1n) is 6.49. The van der Waals surface area contributed by atoms with E-state index in [4.69, 9.17) is 9.47 Å². The lowest BCUT2D eigenvalue weighted by atomic mass is 9.79. The first-order chi connectivity index (χ1) is 8.85. The minimum atomic E-state index is 0.235. The molecule has 2 rings (SSSR count). The van der Waals surface area contributed by atoms with Crippen molar-refractivity contribution in [1.29, 1.82) is 0 Å². The van der Waals surface area contributed by atoms with Crippen LogP contribution in [0, 0.1) is 5.41 Å². The lowest BCUT2D eigenvalue weighted by Gasteiger charge is -2.37. The predicted octanol–water partition coefficient (Wildman–Crippen LogP) is 1.72. The maximum Gasteiger partial charge on any atom is 0.0794 e. The molecule has 0 bridgehead atoms. The lowest BCUT2D eigenvalue weighted by molar-refractivity contribution is -0.00731. The van der Waals surface area contributed by atoms with E-state index in [9.17, 15) is 0 Å². The average Bonchev–Trinajstić information content (AvgIpc) is 2.89. The summed E-state index contributed by atoms with van der Waals surface area (Å²) in [6.45, 7) is 4.42. The van der Waals surface area contributed by atoms with Crippen molar-refractivity contribution in [3.63, 3.8) is 0 Å². The van der Waals surface area contributed by atoms with Gasteiger partial charge in [0.2, 0.25) is 0 Å². The standard InChI is InChI=1S/C13H22N2O2S/c1-16-6-4-14-9-13(3-2-5-17-10-13)7-12-8-15-11-18-12/h8,11,14H,2-7,9-10H2,1H3. The summed E-state index contributed by atoms with van der Waals surface area (Å²) >= 11 is 1.74. The molecule has 0 aromatic carbocycles. The van der Waals surface area contributed by atoms with Crippen molar-refractivity contribution in [2.45, 2.75) is 19.3 Å². The highest BCUT2D eigenvalue weighted by Crippen LogP contribution is 2.32. The molecular weight excluding hydrogens is 248 g/mol. The fourth-order valence-electron chi connectivity index (χ4n) is 2.48. The summed E-state index contributed by atoms with van der Waals surface area (Å²) in [6, 6.07) is 0. The Morgan fingerprint density at radius 1 is 1.61 bits per heavy atom. The summed E-state index contributed by atoms with van der Waals surface area (Å²) in [5.41, 5.74) is 2.14. The van der Waals surface area contributed by atoms with Gasteiger partial charge in [-0.25, -0.2) is 0 Å². The first kappa shape index (κ1) is 13.9. The zero-order chi connectivity index (χ0) is 12.7. The topological polar surface area (TPSA) is 43.4 Å². The van der Waals surface area contributed by atoms with E-state index in [0.717, 1.165) is 45.8 Å². The first-order valence-corrected chi connectivity index (χ1v) is 7.37. The van der Waals surface area contributed by atoms with Crippen LogP contribution in [-0.4, -0.2) is 45.0 Å². The Labute approximate surface area is 113 Å². The van der Waals surface area contributed by atoms with Crippen molar-refractivity contribution in [3.05, 3.63) is 16.6 Å². The van der Waals surface area contributed by atoms with Gasteiger partial charge in [-0.05, 0) is 19.3 Å². The molecule has 18 heavy (non-hydrogen) atoms. The Kier molecular flexibility index (Phi) is 5.56. The second-order valence-corrected chi connectivity index (χ2v) is 5.94. The molecule has 0 radical (unpaired) electrons. The molecule has 1 aliphatic heterocycles. The number of aromatic nitrogens is 1. The molecule has 0 aliphatic carbocycles. The van der Waals surface area contributed by atoms with Crippen LogP contribution in [0.1, 0.15) is 17.7 Å². The average molecular weight is 270 g/mol. The van der Waals surface area contributed by atoms with Crippen molar-refractivity contribution < 1.29 is 9.47 Å². The van der Waals surface area contributed by atoms with Crippen molar-refractivity contribution in [2.75, 3.05) is 40.0 Å². The predicted molar refractivity (Wildman–Crippen MR) is 73.0 cm³/mol. The Hall–Kier alpha value is -0.490. The summed E-state index contributed by atoms with van der Waals surface area (Å²) in [7, 11) is 1.73. The van der Waals surface area contributed by atoms with Gasteiger partial charge in [0.05, 0.1) is 18.7 Å². The molecule has 1 aromatic rings. The summed E-state index contributed by atoms with van der Waals surface area (Å²) in [4.78, 5) is 5.52. The minimum absolute atomic E-state index is 0.235. The number of nitrogens with zero attached hydrogens (tertiary/aromatic N) is 1. The van der Waals surface area contributed by atoms with Crippen LogP contribution < -0.4 is 5.32 Å². The highest BCUT2D eigenvalue weighted by molar-refractivity contribution is 7.09. The van der Waals surface area contributed by atoms with Crippen LogP contribution in [-0.2, 0) is 15.9 Å². The van der Waals surface area contributed by atoms with Gasteiger partial charge < -0.3 is 14.8 Å². The van der Waals surface area contributed by atoms with Crippen molar-refractivity contribution in [2.24, 2.45) is 5.41 Å². The van der Waals surface area contributed by atoms with Crippen LogP contribution in [0.15, 0.2) is 11.7 Å². The highest BCUT2D eigenvalue weighted by Gasteiger charge is 2.33. The zero-order valence-corrected chi connectivity index (χ0v) is 11.8. The number of thiazole rings is 1. The van der Waals surface area contributed by atoms with Crippen LogP contribution >= 0.6 is 11.3 Å². The van der Waals surface area contributed by atoms with Gasteiger partial charge in [0.1, 0.15) is 0 Å². The molecule has 1 fully saturated rings. The summed E-state index contributed by atoms with van der Waals surface area (Å²) < 4.78 is 10.8. The molecule has 1 unspecified atom stereocenters. The SMILES string of the molecule is COCCNCC1(Cc2cncs2)CCCOC1. The number of hydrogen-bond acceptors (Lipinski definition) is 5. The molecule has 5 heteroatoms. The molecule has 0 spiro atoms. The minimum Gasteiger partial charge on any atom is -0.383 e. The summed E-state index contributed by atoms with van der Waals surface area (Å²) in [5.74, 6) is 0. The molecule has 4 nitrogen and oxygen atoms in total. The van der Waals surface area contributed by atoms with E-state index in [-0.39, 0.29) is 5.41 Å². The third kappa shape index (κ3) is 4.02. The van der Waals surface area contributed by atoms with Gasteiger partial charge in [0.25, 0.3) is 0 Å². The number of nitrogens with one attached hydrogen (secondary N) is 1. The molecular formula is C13H22N2O2S. The van der Waals surface area contributed by atoms with E-state index >= 15 is 0 Å². The van der Waals surface area contributed by atoms with Crippen LogP contribution in [0.5, 0.6) is 0 Å². The molecule has 1 N–H and O–H groups in total. The molecule has 2 heterocycles. The normalized spacial score (nSPS) is 24.3. The molecule has 0 saturated carbocycles. The lowest BCUT2D eigenvalue weighted by Crippen LogP contribution is -2.43. The van der Waals surface area contributed by atoms with Crippen LogP contribution in [0.4, 0.5) is 0 Å². The fraction of sp³-hybridized carbons (Fsp3) is 0.769. The van der Waals surface area contributed by atoms with E-state index < -0.39 is 0 Å². The third-order valence-corrected chi connectivity index (χ3v) is 4.20. The maximum atomic E-state index is 5.70. The Bertz CT molecular complexity index is 324. The van der Waals surface area contributed by atoms with Crippen molar-refractivity contribution >= 4 is 11.3 Å². The second-order valence-electron chi connectivity index (χ2n) is 4.97. The second kappa shape index (κ2) is 7.19. The molecule has 1 aromatic heterocycles. The van der Waals surface area contributed by atoms with E-state index in [0.29, 0.717) is 0 Å². The number of rotatable bonds is 7. The number of hydrogen-bond donors (Lipinski definition) is 1. The zero-order valence-electron chi connectivity index (χ0n) is 11.0. The Morgan fingerprint density at radius 2 is 2.56 bits per heavy atom. The van der Waals surface area contributed by atoms with Crippen molar-refractivity contribution in [3.8, 4) is 0 Å². The van der Waals surface area contributed by atoms with Gasteiger partial charge in [0.15, 0.2) is 0 Å². The molecule has 1 saturated heterocycles. The Balaban J connectivity index is 1.89. The largest absolute Gasteiger partial charge is 0.383 e. The highest BCUT2D eigenvalue weighted by atomic mass is 32.1. The van der Waals surface area contributed by atoms with Crippen LogP contribution in [0.2, 0.25) is 0 Å². The maximum absolute atomic E-state index is 5.70. The Morgan fingerprint density at radius 3 is 3.22 bits per heavy atom. The quantitative estimate of drug-likeness (QED) is 0.766. The third-order valence-electron chi connectivity index (χ3n) is 3.42. The van der Waals surface area contributed by atoms with E-state index in [2.05, 4.69) is 10.3 Å². The van der Waals surface area contributed by atoms with E-state index in [1.807, 2.05) is 11.7 Å². The van der Waals surface area contributed by atoms with Gasteiger partial charge in [-0.15, -0.1) is 11.3 Å². The summed E-state index contributed by atoms with van der Waals surface area (Å²) in [6.07, 6.45) is 5.43. The van der Waals surface area contributed by atoms with Crippen LogP contribution in [0.3, 0.4) is 0 Å². The van der Waals surface area contributed by atoms with Gasteiger partial charge >= 0.3 is 0 Å². The van der Waals surface area contributed by atoms with Gasteiger partial charge in [0, 0.05) is 43.3 Å².